The maximum Gasteiger partial charge on any atom is 0.272 e. The van der Waals surface area contributed by atoms with Gasteiger partial charge in [0.1, 0.15) is 11.4 Å². The van der Waals surface area contributed by atoms with Gasteiger partial charge in [-0.3, -0.25) is 4.79 Å². The molecule has 0 spiro atoms. The van der Waals surface area contributed by atoms with Crippen molar-refractivity contribution in [1.29, 1.82) is 0 Å². The van der Waals surface area contributed by atoms with Gasteiger partial charge >= 0.3 is 0 Å². The monoisotopic (exact) mass is 452 g/mol. The number of hydrogen-bond donors (Lipinski definition) is 2. The lowest BCUT2D eigenvalue weighted by atomic mass is 10.2. The Labute approximate surface area is 158 Å². The molecule has 1 heterocycles. The lowest BCUT2D eigenvalue weighted by Gasteiger charge is -2.11. The molecule has 0 unspecified atom stereocenters. The van der Waals surface area contributed by atoms with Crippen LogP contribution in [0.4, 0.5) is 5.69 Å². The summed E-state index contributed by atoms with van der Waals surface area (Å²) in [6.07, 6.45) is 0. The van der Waals surface area contributed by atoms with Gasteiger partial charge in [-0.15, -0.1) is 0 Å². The third-order valence-electron chi connectivity index (χ3n) is 3.79. The highest BCUT2D eigenvalue weighted by Gasteiger charge is 2.19. The van der Waals surface area contributed by atoms with Crippen molar-refractivity contribution in [3.8, 4) is 17.2 Å². The summed E-state index contributed by atoms with van der Waals surface area (Å²) in [5, 5.41) is 3.61. The Balaban J connectivity index is 2.02. The summed E-state index contributed by atoms with van der Waals surface area (Å²) in [6.45, 7) is 0. The molecule has 7 heteroatoms. The van der Waals surface area contributed by atoms with Crippen molar-refractivity contribution in [2.45, 2.75) is 0 Å². The smallest absolute Gasteiger partial charge is 0.272 e. The van der Waals surface area contributed by atoms with E-state index >= 15 is 0 Å². The van der Waals surface area contributed by atoms with Gasteiger partial charge in [0, 0.05) is 20.7 Å². The fourth-order valence-corrected chi connectivity index (χ4v) is 2.95. The average molecular weight is 452 g/mol. The first kappa shape index (κ1) is 17.4. The van der Waals surface area contributed by atoms with Crippen molar-refractivity contribution in [1.82, 2.24) is 4.98 Å². The van der Waals surface area contributed by atoms with Crippen LogP contribution in [0.5, 0.6) is 17.2 Å². The minimum absolute atomic E-state index is 0.250. The van der Waals surface area contributed by atoms with Crippen LogP contribution in [0.2, 0.25) is 0 Å². The molecule has 0 aliphatic heterocycles. The molecule has 0 aliphatic rings. The van der Waals surface area contributed by atoms with Gasteiger partial charge in [0.05, 0.1) is 26.8 Å². The number of anilines is 1. The molecule has 1 amide bonds. The molecule has 2 N–H and O–H groups in total. The highest BCUT2D eigenvalue weighted by molar-refractivity contribution is 14.1. The van der Waals surface area contributed by atoms with Crippen LogP contribution in [-0.2, 0) is 0 Å². The topological polar surface area (TPSA) is 72.6 Å². The van der Waals surface area contributed by atoms with Gasteiger partial charge in [-0.05, 0) is 52.9 Å². The number of nitrogens with one attached hydrogen (secondary N) is 2. The van der Waals surface area contributed by atoms with Gasteiger partial charge in [-0.2, -0.15) is 0 Å². The second-order valence-corrected chi connectivity index (χ2v) is 6.49. The zero-order valence-corrected chi connectivity index (χ0v) is 16.1. The molecule has 0 radical (unpaired) electrons. The molecule has 0 aliphatic carbocycles. The highest BCUT2D eigenvalue weighted by Crippen LogP contribution is 2.41. The van der Waals surface area contributed by atoms with Crippen LogP contribution in [0.1, 0.15) is 10.5 Å². The first-order chi connectivity index (χ1) is 12.1. The summed E-state index contributed by atoms with van der Waals surface area (Å²) in [6, 6.07) is 11.0. The molecule has 3 rings (SSSR count). The van der Waals surface area contributed by atoms with E-state index in [4.69, 9.17) is 14.2 Å². The first-order valence-corrected chi connectivity index (χ1v) is 8.54. The predicted octanol–water partition coefficient (Wildman–Crippen LogP) is 4.05. The Kier molecular flexibility index (Phi) is 5.03. The predicted molar refractivity (Wildman–Crippen MR) is 105 cm³/mol. The summed E-state index contributed by atoms with van der Waals surface area (Å²) < 4.78 is 17.3. The first-order valence-electron chi connectivity index (χ1n) is 7.46. The third-order valence-corrected chi connectivity index (χ3v) is 4.51. The van der Waals surface area contributed by atoms with Gasteiger partial charge in [0.2, 0.25) is 0 Å². The van der Waals surface area contributed by atoms with Gasteiger partial charge in [0.25, 0.3) is 5.91 Å². The van der Waals surface area contributed by atoms with Gasteiger partial charge in [-0.1, -0.05) is 0 Å². The minimum Gasteiger partial charge on any atom is -0.496 e. The molecule has 0 atom stereocenters. The number of H-pyrrole nitrogens is 1. The van der Waals surface area contributed by atoms with Crippen molar-refractivity contribution in [2.75, 3.05) is 26.6 Å². The number of ether oxygens (including phenoxy) is 3. The summed E-state index contributed by atoms with van der Waals surface area (Å²) in [4.78, 5) is 15.7. The molecular weight excluding hydrogens is 435 g/mol. The number of amides is 1. The number of carbonyl (C=O) groups excluding carboxylic acids is 1. The van der Waals surface area contributed by atoms with Crippen molar-refractivity contribution in [2.24, 2.45) is 0 Å². The summed E-state index contributed by atoms with van der Waals surface area (Å²) in [7, 11) is 4.67. The van der Waals surface area contributed by atoms with Crippen LogP contribution >= 0.6 is 22.6 Å². The molecule has 130 valence electrons. The normalized spacial score (nSPS) is 10.6. The van der Waals surface area contributed by atoms with E-state index in [0.717, 1.165) is 14.6 Å². The Hall–Kier alpha value is -2.42. The van der Waals surface area contributed by atoms with E-state index in [1.54, 1.807) is 33.5 Å². The van der Waals surface area contributed by atoms with E-state index in [1.807, 2.05) is 24.3 Å². The van der Waals surface area contributed by atoms with E-state index in [0.29, 0.717) is 28.5 Å². The van der Waals surface area contributed by atoms with Crippen molar-refractivity contribution >= 4 is 45.1 Å². The number of fused-ring (bicyclic) bond motifs is 1. The van der Waals surface area contributed by atoms with E-state index in [-0.39, 0.29) is 5.91 Å². The number of halogens is 1. The van der Waals surface area contributed by atoms with Crippen LogP contribution in [0.3, 0.4) is 0 Å². The molecule has 3 aromatic rings. The van der Waals surface area contributed by atoms with Gasteiger partial charge < -0.3 is 24.5 Å². The van der Waals surface area contributed by atoms with Gasteiger partial charge in [-0.25, -0.2) is 0 Å². The molecule has 0 fully saturated rings. The van der Waals surface area contributed by atoms with Crippen molar-refractivity contribution < 1.29 is 19.0 Å². The number of hydrogen-bond acceptors (Lipinski definition) is 4. The van der Waals surface area contributed by atoms with Gasteiger partial charge in [0.15, 0.2) is 11.5 Å². The largest absolute Gasteiger partial charge is 0.496 e. The fraction of sp³-hybridized carbons (Fsp3) is 0.167. The molecule has 25 heavy (non-hydrogen) atoms. The lowest BCUT2D eigenvalue weighted by molar-refractivity contribution is 0.102. The third kappa shape index (κ3) is 3.37. The Bertz CT molecular complexity index is 919. The van der Waals surface area contributed by atoms with E-state index in [1.165, 1.54) is 0 Å². The quantitative estimate of drug-likeness (QED) is 0.574. The maximum absolute atomic E-state index is 12.6. The average Bonchev–Trinajstić information content (AvgIpc) is 3.07. The Morgan fingerprint density at radius 1 is 1.00 bits per heavy atom. The number of aromatic nitrogens is 1. The number of carbonyl (C=O) groups is 1. The number of benzene rings is 2. The lowest BCUT2D eigenvalue weighted by Crippen LogP contribution is -2.12. The molecule has 6 nitrogen and oxygen atoms in total. The van der Waals surface area contributed by atoms with Crippen molar-refractivity contribution in [3.05, 3.63) is 45.7 Å². The van der Waals surface area contributed by atoms with E-state index in [9.17, 15) is 4.79 Å². The van der Waals surface area contributed by atoms with E-state index < -0.39 is 0 Å². The highest BCUT2D eigenvalue weighted by atomic mass is 127. The zero-order valence-electron chi connectivity index (χ0n) is 14.0. The molecular formula is C18H17IN2O4. The number of methoxy groups -OCH3 is 3. The fourth-order valence-electron chi connectivity index (χ4n) is 2.59. The Morgan fingerprint density at radius 3 is 2.28 bits per heavy atom. The molecule has 0 saturated carbocycles. The summed E-state index contributed by atoms with van der Waals surface area (Å²) in [5.74, 6) is 1.39. The van der Waals surface area contributed by atoms with Crippen LogP contribution in [0, 0.1) is 3.57 Å². The summed E-state index contributed by atoms with van der Waals surface area (Å²) in [5.41, 5.74) is 1.77. The Morgan fingerprint density at radius 2 is 1.68 bits per heavy atom. The summed E-state index contributed by atoms with van der Waals surface area (Å²) >= 11 is 2.21. The minimum atomic E-state index is -0.250. The molecule has 2 aromatic carbocycles. The van der Waals surface area contributed by atoms with Crippen molar-refractivity contribution in [3.63, 3.8) is 0 Å². The molecule has 0 bridgehead atoms. The standard InChI is InChI=1S/C18H17IN2O4/c1-23-14-9-15(24-2)17(25-3)16-12(14)8-13(21-16)18(22)20-11-6-4-10(19)5-7-11/h4-9,21H,1-3H3,(H,20,22). The van der Waals surface area contributed by atoms with Crippen LogP contribution < -0.4 is 19.5 Å². The van der Waals surface area contributed by atoms with Crippen LogP contribution in [-0.4, -0.2) is 32.2 Å². The van der Waals surface area contributed by atoms with E-state index in [2.05, 4.69) is 32.9 Å². The second-order valence-electron chi connectivity index (χ2n) is 5.25. The maximum atomic E-state index is 12.6. The van der Waals surface area contributed by atoms with Crippen LogP contribution in [0.15, 0.2) is 36.4 Å². The number of rotatable bonds is 5. The SMILES string of the molecule is COc1cc(OC)c2cc(C(=O)Nc3ccc(I)cc3)[nH]c2c1OC. The second kappa shape index (κ2) is 7.22. The number of aromatic amines is 1. The zero-order chi connectivity index (χ0) is 18.0. The molecule has 0 saturated heterocycles. The van der Waals surface area contributed by atoms with Crippen LogP contribution in [0.25, 0.3) is 10.9 Å². The molecule has 1 aromatic heterocycles.